The average Bonchev–Trinajstić information content (AvgIpc) is 2.54. The molecule has 3 rings (SSSR count). The first-order valence-corrected chi connectivity index (χ1v) is 8.18. The molecule has 0 spiro atoms. The highest BCUT2D eigenvalue weighted by molar-refractivity contribution is 6.04. The standard InChI is InChI=1S/C20H24N2O/c1-20(2,3)17-7-4-15(5-8-17)19(23)22-18-9-6-14-10-11-21-13-16(14)12-18/h4-9,12,21H,10-11,13H2,1-3H3,(H,22,23). The minimum absolute atomic E-state index is 0.0609. The SMILES string of the molecule is CC(C)(C)c1ccc(C(=O)Nc2ccc3c(c2)CNCC3)cc1. The number of hydrogen-bond acceptors (Lipinski definition) is 2. The van der Waals surface area contributed by atoms with E-state index in [1.165, 1.54) is 16.7 Å². The van der Waals surface area contributed by atoms with Crippen molar-refractivity contribution in [3.8, 4) is 0 Å². The molecule has 1 aliphatic heterocycles. The second-order valence-corrected chi connectivity index (χ2v) is 7.19. The highest BCUT2D eigenvalue weighted by Crippen LogP contribution is 2.23. The molecule has 0 unspecified atom stereocenters. The van der Waals surface area contributed by atoms with Gasteiger partial charge in [-0.1, -0.05) is 39.0 Å². The summed E-state index contributed by atoms with van der Waals surface area (Å²) in [6.07, 6.45) is 1.05. The van der Waals surface area contributed by atoms with E-state index in [4.69, 9.17) is 0 Å². The first kappa shape index (κ1) is 15.8. The summed E-state index contributed by atoms with van der Waals surface area (Å²) in [6, 6.07) is 14.0. The second kappa shape index (κ2) is 6.17. The van der Waals surface area contributed by atoms with Gasteiger partial charge in [0.05, 0.1) is 0 Å². The Balaban J connectivity index is 1.74. The predicted octanol–water partition coefficient (Wildman–Crippen LogP) is 3.88. The second-order valence-electron chi connectivity index (χ2n) is 7.19. The van der Waals surface area contributed by atoms with Gasteiger partial charge in [-0.3, -0.25) is 4.79 Å². The zero-order valence-electron chi connectivity index (χ0n) is 14.1. The van der Waals surface area contributed by atoms with Gasteiger partial charge in [0.1, 0.15) is 0 Å². The first-order valence-electron chi connectivity index (χ1n) is 8.18. The number of anilines is 1. The van der Waals surface area contributed by atoms with Gasteiger partial charge >= 0.3 is 0 Å². The molecule has 0 saturated heterocycles. The molecule has 0 radical (unpaired) electrons. The number of hydrogen-bond donors (Lipinski definition) is 2. The molecule has 0 fully saturated rings. The van der Waals surface area contributed by atoms with Gasteiger partial charge in [0.15, 0.2) is 0 Å². The Morgan fingerprint density at radius 1 is 1.04 bits per heavy atom. The zero-order valence-corrected chi connectivity index (χ0v) is 14.1. The van der Waals surface area contributed by atoms with E-state index in [0.29, 0.717) is 5.56 Å². The highest BCUT2D eigenvalue weighted by Gasteiger charge is 2.15. The largest absolute Gasteiger partial charge is 0.322 e. The molecule has 0 atom stereocenters. The van der Waals surface area contributed by atoms with Gasteiger partial charge in [-0.25, -0.2) is 0 Å². The van der Waals surface area contributed by atoms with Crippen molar-refractivity contribution in [2.45, 2.75) is 39.2 Å². The van der Waals surface area contributed by atoms with Crippen LogP contribution in [0.5, 0.6) is 0 Å². The van der Waals surface area contributed by atoms with E-state index in [1.807, 2.05) is 30.3 Å². The van der Waals surface area contributed by atoms with E-state index in [0.717, 1.165) is 25.2 Å². The molecule has 1 aliphatic rings. The third-order valence-electron chi connectivity index (χ3n) is 4.36. The van der Waals surface area contributed by atoms with Crippen LogP contribution in [-0.4, -0.2) is 12.5 Å². The molecule has 1 heterocycles. The third kappa shape index (κ3) is 3.62. The number of rotatable bonds is 2. The topological polar surface area (TPSA) is 41.1 Å². The van der Waals surface area contributed by atoms with E-state index in [2.05, 4.69) is 43.5 Å². The van der Waals surface area contributed by atoms with Gasteiger partial charge in [-0.2, -0.15) is 0 Å². The van der Waals surface area contributed by atoms with Crippen LogP contribution >= 0.6 is 0 Å². The summed E-state index contributed by atoms with van der Waals surface area (Å²) in [4.78, 5) is 12.4. The lowest BCUT2D eigenvalue weighted by Gasteiger charge is -2.19. The number of fused-ring (bicyclic) bond motifs is 1. The Morgan fingerprint density at radius 2 is 1.78 bits per heavy atom. The summed E-state index contributed by atoms with van der Waals surface area (Å²) in [5.74, 6) is -0.0609. The van der Waals surface area contributed by atoms with Crippen molar-refractivity contribution in [2.75, 3.05) is 11.9 Å². The van der Waals surface area contributed by atoms with Crippen LogP contribution in [-0.2, 0) is 18.4 Å². The van der Waals surface area contributed by atoms with Crippen LogP contribution in [0.15, 0.2) is 42.5 Å². The van der Waals surface area contributed by atoms with Crippen molar-refractivity contribution >= 4 is 11.6 Å². The molecule has 120 valence electrons. The first-order chi connectivity index (χ1) is 10.9. The summed E-state index contributed by atoms with van der Waals surface area (Å²) in [6.45, 7) is 8.41. The summed E-state index contributed by atoms with van der Waals surface area (Å²) >= 11 is 0. The van der Waals surface area contributed by atoms with Crippen molar-refractivity contribution in [1.29, 1.82) is 0 Å². The molecule has 3 heteroatoms. The summed E-state index contributed by atoms with van der Waals surface area (Å²) < 4.78 is 0. The van der Waals surface area contributed by atoms with Crippen LogP contribution in [0, 0.1) is 0 Å². The fraction of sp³-hybridized carbons (Fsp3) is 0.350. The normalized spacial score (nSPS) is 14.2. The number of carbonyl (C=O) groups is 1. The van der Waals surface area contributed by atoms with Gasteiger partial charge in [0, 0.05) is 17.8 Å². The highest BCUT2D eigenvalue weighted by atomic mass is 16.1. The van der Waals surface area contributed by atoms with Crippen LogP contribution in [0.3, 0.4) is 0 Å². The van der Waals surface area contributed by atoms with Crippen molar-refractivity contribution in [2.24, 2.45) is 0 Å². The number of nitrogens with one attached hydrogen (secondary N) is 2. The van der Waals surface area contributed by atoms with Crippen molar-refractivity contribution in [1.82, 2.24) is 5.32 Å². The van der Waals surface area contributed by atoms with Crippen molar-refractivity contribution in [3.63, 3.8) is 0 Å². The van der Waals surface area contributed by atoms with E-state index in [9.17, 15) is 4.79 Å². The van der Waals surface area contributed by atoms with Gasteiger partial charge in [0.25, 0.3) is 5.91 Å². The maximum Gasteiger partial charge on any atom is 0.255 e. The number of amides is 1. The summed E-state index contributed by atoms with van der Waals surface area (Å²) in [5, 5.41) is 6.36. The molecule has 2 aromatic carbocycles. The van der Waals surface area contributed by atoms with Gasteiger partial charge in [-0.15, -0.1) is 0 Å². The van der Waals surface area contributed by atoms with E-state index >= 15 is 0 Å². The molecular formula is C20H24N2O. The lowest BCUT2D eigenvalue weighted by molar-refractivity contribution is 0.102. The van der Waals surface area contributed by atoms with E-state index in [-0.39, 0.29) is 11.3 Å². The lowest BCUT2D eigenvalue weighted by atomic mass is 9.87. The fourth-order valence-corrected chi connectivity index (χ4v) is 2.88. The molecule has 2 N–H and O–H groups in total. The van der Waals surface area contributed by atoms with Gasteiger partial charge in [-0.05, 0) is 59.3 Å². The molecule has 2 aromatic rings. The predicted molar refractivity (Wildman–Crippen MR) is 94.9 cm³/mol. The molecular weight excluding hydrogens is 284 g/mol. The molecule has 0 aliphatic carbocycles. The van der Waals surface area contributed by atoms with Gasteiger partial charge in [0.2, 0.25) is 0 Å². The lowest BCUT2D eigenvalue weighted by Crippen LogP contribution is -2.23. The maximum absolute atomic E-state index is 12.4. The molecule has 23 heavy (non-hydrogen) atoms. The van der Waals surface area contributed by atoms with Crippen LogP contribution in [0.2, 0.25) is 0 Å². The van der Waals surface area contributed by atoms with Crippen LogP contribution in [0.4, 0.5) is 5.69 Å². The number of carbonyl (C=O) groups excluding carboxylic acids is 1. The quantitative estimate of drug-likeness (QED) is 0.884. The van der Waals surface area contributed by atoms with E-state index < -0.39 is 0 Å². The monoisotopic (exact) mass is 308 g/mol. The zero-order chi connectivity index (χ0) is 16.4. The van der Waals surface area contributed by atoms with Gasteiger partial charge < -0.3 is 10.6 Å². The van der Waals surface area contributed by atoms with Crippen LogP contribution < -0.4 is 10.6 Å². The molecule has 0 aromatic heterocycles. The Morgan fingerprint density at radius 3 is 2.48 bits per heavy atom. The van der Waals surface area contributed by atoms with Crippen LogP contribution in [0.25, 0.3) is 0 Å². The van der Waals surface area contributed by atoms with Crippen LogP contribution in [0.1, 0.15) is 47.8 Å². The Labute approximate surface area is 138 Å². The average molecular weight is 308 g/mol. The minimum Gasteiger partial charge on any atom is -0.322 e. The molecule has 3 nitrogen and oxygen atoms in total. The summed E-state index contributed by atoms with van der Waals surface area (Å²) in [7, 11) is 0. The Bertz CT molecular complexity index is 711. The third-order valence-corrected chi connectivity index (χ3v) is 4.36. The van der Waals surface area contributed by atoms with Crippen molar-refractivity contribution < 1.29 is 4.79 Å². The fourth-order valence-electron chi connectivity index (χ4n) is 2.88. The Hall–Kier alpha value is -2.13. The summed E-state index contributed by atoms with van der Waals surface area (Å²) in [5.41, 5.74) is 5.52. The molecule has 0 bridgehead atoms. The smallest absolute Gasteiger partial charge is 0.255 e. The van der Waals surface area contributed by atoms with Crippen molar-refractivity contribution in [3.05, 3.63) is 64.7 Å². The number of benzene rings is 2. The maximum atomic E-state index is 12.4. The minimum atomic E-state index is -0.0609. The molecule has 0 saturated carbocycles. The van der Waals surface area contributed by atoms with E-state index in [1.54, 1.807) is 0 Å². The Kier molecular flexibility index (Phi) is 4.22. The molecule has 1 amide bonds.